The maximum Gasteiger partial charge on any atom is 0.416 e. The van der Waals surface area contributed by atoms with Gasteiger partial charge in [-0.25, -0.2) is 0 Å². The van der Waals surface area contributed by atoms with Crippen LogP contribution in [0.15, 0.2) is 29.3 Å². The summed E-state index contributed by atoms with van der Waals surface area (Å²) in [5.41, 5.74) is -0.692. The van der Waals surface area contributed by atoms with Crippen molar-refractivity contribution in [3.63, 3.8) is 0 Å². The second kappa shape index (κ2) is 9.97. The predicted molar refractivity (Wildman–Crippen MR) is 81.1 cm³/mol. The number of benzene rings is 1. The summed E-state index contributed by atoms with van der Waals surface area (Å²) in [6, 6.07) is 3.96. The van der Waals surface area contributed by atoms with Gasteiger partial charge < -0.3 is 4.74 Å². The normalized spacial score (nSPS) is 11.5. The van der Waals surface area contributed by atoms with Gasteiger partial charge in [0, 0.05) is 12.0 Å². The van der Waals surface area contributed by atoms with Crippen LogP contribution in [0.3, 0.4) is 0 Å². The number of nitrogens with zero attached hydrogens (tertiary/aromatic N) is 1. The van der Waals surface area contributed by atoms with Gasteiger partial charge in [-0.1, -0.05) is 20.8 Å². The monoisotopic (exact) mass is 317 g/mol. The number of hydrogen-bond donors (Lipinski definition) is 0. The molecule has 0 saturated carbocycles. The van der Waals surface area contributed by atoms with Gasteiger partial charge in [-0.05, 0) is 37.6 Å². The van der Waals surface area contributed by atoms with Crippen LogP contribution in [0.25, 0.3) is 0 Å². The lowest BCUT2D eigenvalue weighted by Gasteiger charge is -2.07. The standard InChI is InChI=1S/C14H16F3NO2.C2H6/c1-3-5-12(20-4-2)18-13(19)10-6-8-11(9-7-10)14(15,16)17;1-2/h6-9H,3-5H2,1-2H3;1-2H3. The van der Waals surface area contributed by atoms with E-state index in [-0.39, 0.29) is 5.56 Å². The van der Waals surface area contributed by atoms with E-state index in [1.54, 1.807) is 6.92 Å². The summed E-state index contributed by atoms with van der Waals surface area (Å²) in [5, 5.41) is 0. The number of halogens is 3. The molecule has 6 heteroatoms. The molecule has 1 aromatic carbocycles. The third kappa shape index (κ3) is 6.74. The average Bonchev–Trinajstić information content (AvgIpc) is 2.49. The zero-order valence-corrected chi connectivity index (χ0v) is 13.3. The number of rotatable bonds is 4. The summed E-state index contributed by atoms with van der Waals surface area (Å²) in [7, 11) is 0. The molecule has 0 spiro atoms. The third-order valence-electron chi connectivity index (χ3n) is 2.46. The molecule has 0 unspecified atom stereocenters. The minimum Gasteiger partial charge on any atom is -0.481 e. The molecule has 124 valence electrons. The van der Waals surface area contributed by atoms with Gasteiger partial charge in [-0.15, -0.1) is 0 Å². The number of carbonyl (C=O) groups is 1. The van der Waals surface area contributed by atoms with Crippen molar-refractivity contribution in [3.05, 3.63) is 35.4 Å². The molecule has 0 aliphatic rings. The molecule has 0 aliphatic carbocycles. The van der Waals surface area contributed by atoms with Crippen LogP contribution in [0.4, 0.5) is 13.2 Å². The first-order valence-electron chi connectivity index (χ1n) is 7.30. The van der Waals surface area contributed by atoms with Crippen molar-refractivity contribution in [2.24, 2.45) is 4.99 Å². The lowest BCUT2D eigenvalue weighted by atomic mass is 10.1. The Hall–Kier alpha value is -1.85. The highest BCUT2D eigenvalue weighted by atomic mass is 19.4. The summed E-state index contributed by atoms with van der Waals surface area (Å²) in [6.07, 6.45) is -3.14. The van der Waals surface area contributed by atoms with Crippen molar-refractivity contribution in [3.8, 4) is 0 Å². The van der Waals surface area contributed by atoms with E-state index in [4.69, 9.17) is 4.74 Å². The minimum absolute atomic E-state index is 0.103. The number of ether oxygens (including phenoxy) is 1. The molecule has 0 N–H and O–H groups in total. The molecule has 1 aromatic rings. The molecule has 0 heterocycles. The van der Waals surface area contributed by atoms with E-state index < -0.39 is 17.6 Å². The Morgan fingerprint density at radius 1 is 1.14 bits per heavy atom. The molecule has 0 aromatic heterocycles. The summed E-state index contributed by atoms with van der Waals surface area (Å²) in [6.45, 7) is 8.07. The van der Waals surface area contributed by atoms with E-state index in [1.807, 2.05) is 20.8 Å². The van der Waals surface area contributed by atoms with Gasteiger partial charge in [0.2, 0.25) is 0 Å². The molecule has 0 radical (unpaired) electrons. The Morgan fingerprint density at radius 3 is 2.09 bits per heavy atom. The zero-order chi connectivity index (χ0) is 17.2. The topological polar surface area (TPSA) is 38.7 Å². The summed E-state index contributed by atoms with van der Waals surface area (Å²) in [4.78, 5) is 15.6. The van der Waals surface area contributed by atoms with E-state index in [0.29, 0.717) is 18.9 Å². The Kier molecular flexibility index (Phi) is 9.13. The maximum absolute atomic E-state index is 12.4. The van der Waals surface area contributed by atoms with Gasteiger partial charge in [-0.2, -0.15) is 18.2 Å². The quantitative estimate of drug-likeness (QED) is 0.572. The van der Waals surface area contributed by atoms with Crippen LogP contribution in [0.1, 0.15) is 56.5 Å². The Morgan fingerprint density at radius 2 is 1.68 bits per heavy atom. The number of hydrogen-bond acceptors (Lipinski definition) is 2. The Bertz CT molecular complexity index is 471. The second-order valence-corrected chi connectivity index (χ2v) is 4.07. The van der Waals surface area contributed by atoms with E-state index in [2.05, 4.69) is 4.99 Å². The highest BCUT2D eigenvalue weighted by Crippen LogP contribution is 2.29. The fourth-order valence-corrected chi connectivity index (χ4v) is 1.52. The molecular weight excluding hydrogens is 295 g/mol. The van der Waals surface area contributed by atoms with Gasteiger partial charge in [0.15, 0.2) is 5.90 Å². The summed E-state index contributed by atoms with van der Waals surface area (Å²) >= 11 is 0. The third-order valence-corrected chi connectivity index (χ3v) is 2.46. The van der Waals surface area contributed by atoms with Crippen LogP contribution >= 0.6 is 0 Å². The predicted octanol–water partition coefficient (Wildman–Crippen LogP) is 5.11. The van der Waals surface area contributed by atoms with Crippen LogP contribution < -0.4 is 0 Å². The molecule has 0 saturated heterocycles. The van der Waals surface area contributed by atoms with Crippen LogP contribution in [0.2, 0.25) is 0 Å². The fourth-order valence-electron chi connectivity index (χ4n) is 1.52. The zero-order valence-electron chi connectivity index (χ0n) is 13.3. The first-order valence-corrected chi connectivity index (χ1v) is 7.30. The van der Waals surface area contributed by atoms with E-state index in [1.165, 1.54) is 0 Å². The SMILES string of the molecule is CC.CCCC(=NC(=O)c1ccc(C(F)(F)F)cc1)OCC. The fraction of sp³-hybridized carbons (Fsp3) is 0.500. The largest absolute Gasteiger partial charge is 0.481 e. The van der Waals surface area contributed by atoms with E-state index >= 15 is 0 Å². The highest BCUT2D eigenvalue weighted by Gasteiger charge is 2.30. The molecule has 0 aliphatic heterocycles. The van der Waals surface area contributed by atoms with Crippen molar-refractivity contribution in [2.45, 2.75) is 46.7 Å². The second-order valence-electron chi connectivity index (χ2n) is 4.07. The Labute approximate surface area is 129 Å². The maximum atomic E-state index is 12.4. The van der Waals surface area contributed by atoms with E-state index in [0.717, 1.165) is 30.7 Å². The average molecular weight is 317 g/mol. The van der Waals surface area contributed by atoms with E-state index in [9.17, 15) is 18.0 Å². The van der Waals surface area contributed by atoms with Crippen molar-refractivity contribution in [1.29, 1.82) is 0 Å². The van der Waals surface area contributed by atoms with Gasteiger partial charge in [-0.3, -0.25) is 4.79 Å². The van der Waals surface area contributed by atoms with Crippen LogP contribution in [0.5, 0.6) is 0 Å². The molecule has 0 atom stereocenters. The van der Waals surface area contributed by atoms with Gasteiger partial charge in [0.05, 0.1) is 12.2 Å². The lowest BCUT2D eigenvalue weighted by Crippen LogP contribution is -2.09. The van der Waals surface area contributed by atoms with Crippen LogP contribution in [0, 0.1) is 0 Å². The molecule has 0 bridgehead atoms. The number of amides is 1. The summed E-state index contributed by atoms with van der Waals surface area (Å²) < 4.78 is 42.4. The molecule has 0 fully saturated rings. The lowest BCUT2D eigenvalue weighted by molar-refractivity contribution is -0.137. The summed E-state index contributed by atoms with van der Waals surface area (Å²) in [5.74, 6) is -0.296. The Balaban J connectivity index is 0.00000211. The smallest absolute Gasteiger partial charge is 0.416 e. The number of aliphatic imine (C=N–C) groups is 1. The number of carbonyl (C=O) groups excluding carboxylic acids is 1. The van der Waals surface area contributed by atoms with Gasteiger partial charge in [0.1, 0.15) is 0 Å². The molecule has 1 amide bonds. The van der Waals surface area contributed by atoms with Crippen molar-refractivity contribution >= 4 is 11.8 Å². The molecular formula is C16H22F3NO2. The first kappa shape index (κ1) is 20.1. The highest BCUT2D eigenvalue weighted by molar-refractivity contribution is 6.01. The van der Waals surface area contributed by atoms with Crippen LogP contribution in [-0.2, 0) is 10.9 Å². The van der Waals surface area contributed by atoms with Gasteiger partial charge >= 0.3 is 6.18 Å². The molecule has 1 rings (SSSR count). The minimum atomic E-state index is -4.41. The van der Waals surface area contributed by atoms with Crippen molar-refractivity contribution < 1.29 is 22.7 Å². The van der Waals surface area contributed by atoms with Crippen molar-refractivity contribution in [2.75, 3.05) is 6.61 Å². The van der Waals surface area contributed by atoms with Crippen LogP contribution in [-0.4, -0.2) is 18.4 Å². The van der Waals surface area contributed by atoms with Gasteiger partial charge in [0.25, 0.3) is 5.91 Å². The molecule has 3 nitrogen and oxygen atoms in total. The number of alkyl halides is 3. The van der Waals surface area contributed by atoms with Crippen molar-refractivity contribution in [1.82, 2.24) is 0 Å². The molecule has 22 heavy (non-hydrogen) atoms. The first-order chi connectivity index (χ1) is 10.4.